The van der Waals surface area contributed by atoms with Crippen LogP contribution in [0.4, 0.5) is 0 Å². The van der Waals surface area contributed by atoms with E-state index in [1.54, 1.807) is 11.3 Å². The van der Waals surface area contributed by atoms with E-state index in [4.69, 9.17) is 0 Å². The molecule has 19 heavy (non-hydrogen) atoms. The number of rotatable bonds is 3. The molecule has 1 aliphatic heterocycles. The van der Waals surface area contributed by atoms with E-state index in [0.717, 1.165) is 29.3 Å². The van der Waals surface area contributed by atoms with Crippen molar-refractivity contribution in [2.24, 2.45) is 0 Å². The van der Waals surface area contributed by atoms with Crippen molar-refractivity contribution in [2.75, 3.05) is 13.1 Å². The molecule has 0 spiro atoms. The molecule has 1 N–H and O–H groups in total. The summed E-state index contributed by atoms with van der Waals surface area (Å²) in [6.07, 6.45) is 1.97. The van der Waals surface area contributed by atoms with Gasteiger partial charge in [0, 0.05) is 6.20 Å². The first kappa shape index (κ1) is 12.4. The molecule has 3 heterocycles. The first-order valence-corrected chi connectivity index (χ1v) is 7.44. The predicted octanol–water partition coefficient (Wildman–Crippen LogP) is 2.62. The second-order valence-electron chi connectivity index (χ2n) is 4.54. The molecule has 2 aromatic rings. The zero-order valence-electron chi connectivity index (χ0n) is 11.1. The van der Waals surface area contributed by atoms with Crippen LogP contribution in [0.3, 0.4) is 0 Å². The maximum atomic E-state index is 12.3. The Morgan fingerprint density at radius 1 is 1.37 bits per heavy atom. The second kappa shape index (κ2) is 4.83. The van der Waals surface area contributed by atoms with Gasteiger partial charge in [0.05, 0.1) is 11.3 Å². The number of nitrogens with zero attached hydrogens (tertiary/aromatic N) is 2. The van der Waals surface area contributed by atoms with E-state index in [2.05, 4.69) is 34.7 Å². The molecule has 4 nitrogen and oxygen atoms in total. The molecule has 0 saturated carbocycles. The molecule has 1 atom stereocenters. The number of hydrogen-bond donors (Lipinski definition) is 1. The van der Waals surface area contributed by atoms with Crippen LogP contribution in [0.2, 0.25) is 0 Å². The summed E-state index contributed by atoms with van der Waals surface area (Å²) in [5.74, 6) is 0.0110. The van der Waals surface area contributed by atoms with Crippen LogP contribution in [0, 0.1) is 0 Å². The van der Waals surface area contributed by atoms with Crippen molar-refractivity contribution in [3.8, 4) is 5.00 Å². The Bertz CT molecular complexity index is 597. The Hall–Kier alpha value is -1.59. The molecule has 0 aliphatic carbocycles. The summed E-state index contributed by atoms with van der Waals surface area (Å²) in [4.78, 5) is 14.6. The zero-order chi connectivity index (χ0) is 13.4. The van der Waals surface area contributed by atoms with Crippen molar-refractivity contribution >= 4 is 17.2 Å². The second-order valence-corrected chi connectivity index (χ2v) is 5.43. The van der Waals surface area contributed by atoms with Gasteiger partial charge in [-0.3, -0.25) is 9.69 Å². The number of amides is 1. The molecule has 0 radical (unpaired) electrons. The monoisotopic (exact) mass is 275 g/mol. The maximum absolute atomic E-state index is 12.3. The molecule has 100 valence electrons. The molecule has 5 heteroatoms. The molecule has 0 aromatic carbocycles. The number of aromatic nitrogens is 1. The minimum atomic E-state index is -0.0582. The molecule has 2 aromatic heterocycles. The Kier molecular flexibility index (Phi) is 3.16. The summed E-state index contributed by atoms with van der Waals surface area (Å²) in [5.41, 5.74) is 1.88. The number of nitrogens with one attached hydrogen (secondary N) is 1. The quantitative estimate of drug-likeness (QED) is 0.935. The van der Waals surface area contributed by atoms with Crippen LogP contribution >= 0.6 is 11.3 Å². The molecule has 0 fully saturated rings. The fourth-order valence-corrected chi connectivity index (χ4v) is 3.51. The fourth-order valence-electron chi connectivity index (χ4n) is 2.61. The summed E-state index contributed by atoms with van der Waals surface area (Å²) >= 11 is 1.60. The van der Waals surface area contributed by atoms with E-state index < -0.39 is 0 Å². The maximum Gasteiger partial charge on any atom is 0.255 e. The number of carbonyl (C=O) groups excluding carboxylic acids is 1. The summed E-state index contributed by atoms with van der Waals surface area (Å²) in [6.45, 7) is 6.04. The number of thiophene rings is 1. The van der Waals surface area contributed by atoms with E-state index in [1.165, 1.54) is 0 Å². The van der Waals surface area contributed by atoms with Gasteiger partial charge < -0.3 is 9.88 Å². The van der Waals surface area contributed by atoms with Crippen molar-refractivity contribution in [1.82, 2.24) is 14.8 Å². The lowest BCUT2D eigenvalue weighted by molar-refractivity contribution is 0.0860. The standard InChI is InChI=1S/C14H17N3OS/c1-3-16(4-2)12-11-6-5-8-17(11)14-10(7-9-19-14)13(18)15-12/h5-9,12H,3-4H2,1-2H3,(H,15,18). The van der Waals surface area contributed by atoms with Crippen LogP contribution in [-0.2, 0) is 0 Å². The van der Waals surface area contributed by atoms with Gasteiger partial charge in [-0.1, -0.05) is 13.8 Å². The van der Waals surface area contributed by atoms with Crippen LogP contribution in [0.25, 0.3) is 5.00 Å². The fraction of sp³-hybridized carbons (Fsp3) is 0.357. The van der Waals surface area contributed by atoms with E-state index in [0.29, 0.717) is 0 Å². The topological polar surface area (TPSA) is 37.3 Å². The SMILES string of the molecule is CCN(CC)C1NC(=O)c2ccsc2-n2cccc21. The smallest absolute Gasteiger partial charge is 0.255 e. The minimum absolute atomic E-state index is 0.0110. The summed E-state index contributed by atoms with van der Waals surface area (Å²) < 4.78 is 2.13. The molecular weight excluding hydrogens is 258 g/mol. The van der Waals surface area contributed by atoms with E-state index in [9.17, 15) is 4.79 Å². The Morgan fingerprint density at radius 2 is 2.16 bits per heavy atom. The lowest BCUT2D eigenvalue weighted by Gasteiger charge is -2.29. The van der Waals surface area contributed by atoms with Gasteiger partial charge in [0.15, 0.2) is 0 Å². The largest absolute Gasteiger partial charge is 0.331 e. The van der Waals surface area contributed by atoms with Crippen molar-refractivity contribution in [2.45, 2.75) is 20.0 Å². The lowest BCUT2D eigenvalue weighted by atomic mass is 10.2. The van der Waals surface area contributed by atoms with Crippen LogP contribution < -0.4 is 5.32 Å². The summed E-state index contributed by atoms with van der Waals surface area (Å²) in [5, 5.41) is 6.11. The van der Waals surface area contributed by atoms with Crippen molar-refractivity contribution in [3.63, 3.8) is 0 Å². The molecule has 0 bridgehead atoms. The Balaban J connectivity index is 2.13. The molecule has 1 aliphatic rings. The van der Waals surface area contributed by atoms with E-state index in [1.807, 2.05) is 23.7 Å². The third-order valence-corrected chi connectivity index (χ3v) is 4.53. The van der Waals surface area contributed by atoms with Gasteiger partial charge in [-0.25, -0.2) is 0 Å². The molecule has 0 saturated heterocycles. The highest BCUT2D eigenvalue weighted by molar-refractivity contribution is 7.13. The Morgan fingerprint density at radius 3 is 2.89 bits per heavy atom. The van der Waals surface area contributed by atoms with Gasteiger partial charge in [-0.15, -0.1) is 11.3 Å². The number of carbonyl (C=O) groups is 1. The molecular formula is C14H17N3OS. The van der Waals surface area contributed by atoms with Gasteiger partial charge in [-0.05, 0) is 36.7 Å². The van der Waals surface area contributed by atoms with Crippen LogP contribution in [0.15, 0.2) is 29.8 Å². The van der Waals surface area contributed by atoms with Gasteiger partial charge in [0.1, 0.15) is 11.2 Å². The molecule has 1 unspecified atom stereocenters. The van der Waals surface area contributed by atoms with Crippen molar-refractivity contribution in [3.05, 3.63) is 41.0 Å². The normalized spacial score (nSPS) is 17.8. The van der Waals surface area contributed by atoms with E-state index >= 15 is 0 Å². The van der Waals surface area contributed by atoms with Crippen LogP contribution in [0.1, 0.15) is 36.1 Å². The molecule has 1 amide bonds. The van der Waals surface area contributed by atoms with Gasteiger partial charge in [0.2, 0.25) is 0 Å². The van der Waals surface area contributed by atoms with Crippen molar-refractivity contribution in [1.29, 1.82) is 0 Å². The first-order valence-electron chi connectivity index (χ1n) is 6.56. The Labute approximate surface area is 116 Å². The highest BCUT2D eigenvalue weighted by atomic mass is 32.1. The third-order valence-electron chi connectivity index (χ3n) is 3.61. The first-order chi connectivity index (χ1) is 9.26. The van der Waals surface area contributed by atoms with Gasteiger partial charge >= 0.3 is 0 Å². The summed E-state index contributed by atoms with van der Waals surface area (Å²) in [6, 6.07) is 6.01. The lowest BCUT2D eigenvalue weighted by Crippen LogP contribution is -2.40. The van der Waals surface area contributed by atoms with Crippen molar-refractivity contribution < 1.29 is 4.79 Å². The van der Waals surface area contributed by atoms with Crippen LogP contribution in [-0.4, -0.2) is 28.5 Å². The average Bonchev–Trinajstić information content (AvgIpc) is 3.05. The number of hydrogen-bond acceptors (Lipinski definition) is 3. The highest BCUT2D eigenvalue weighted by Crippen LogP contribution is 2.31. The highest BCUT2D eigenvalue weighted by Gasteiger charge is 2.29. The minimum Gasteiger partial charge on any atom is -0.331 e. The van der Waals surface area contributed by atoms with E-state index in [-0.39, 0.29) is 12.1 Å². The zero-order valence-corrected chi connectivity index (χ0v) is 11.9. The van der Waals surface area contributed by atoms with Gasteiger partial charge in [0.25, 0.3) is 5.91 Å². The van der Waals surface area contributed by atoms with Gasteiger partial charge in [-0.2, -0.15) is 0 Å². The summed E-state index contributed by atoms with van der Waals surface area (Å²) in [7, 11) is 0. The third kappa shape index (κ3) is 1.89. The molecule has 3 rings (SSSR count). The predicted molar refractivity (Wildman–Crippen MR) is 76.8 cm³/mol. The average molecular weight is 275 g/mol. The number of fused-ring (bicyclic) bond motifs is 3. The van der Waals surface area contributed by atoms with Crippen LogP contribution in [0.5, 0.6) is 0 Å².